The van der Waals surface area contributed by atoms with E-state index in [2.05, 4.69) is 25.3 Å². The monoisotopic (exact) mass is 339 g/mol. The van der Waals surface area contributed by atoms with Crippen LogP contribution in [0.2, 0.25) is 0 Å². The van der Waals surface area contributed by atoms with E-state index in [9.17, 15) is 0 Å². The van der Waals surface area contributed by atoms with Crippen molar-refractivity contribution in [2.24, 2.45) is 5.16 Å². The van der Waals surface area contributed by atoms with Gasteiger partial charge in [-0.2, -0.15) is 5.10 Å². The van der Waals surface area contributed by atoms with Gasteiger partial charge in [-0.05, 0) is 18.6 Å². The first-order valence-electron chi connectivity index (χ1n) is 7.51. The van der Waals surface area contributed by atoms with Crippen molar-refractivity contribution in [3.05, 3.63) is 53.5 Å². The fourth-order valence-corrected chi connectivity index (χ4v) is 2.36. The van der Waals surface area contributed by atoms with Gasteiger partial charge in [-0.15, -0.1) is 0 Å². The number of oxime groups is 1. The largest absolute Gasteiger partial charge is 0.487 e. The molecule has 0 amide bonds. The van der Waals surface area contributed by atoms with Crippen LogP contribution < -0.4 is 9.47 Å². The molecule has 3 aromatic heterocycles. The van der Waals surface area contributed by atoms with Crippen molar-refractivity contribution in [2.45, 2.75) is 13.5 Å². The lowest BCUT2D eigenvalue weighted by molar-refractivity contribution is 0.301. The summed E-state index contributed by atoms with van der Waals surface area (Å²) < 4.78 is 10.9. The van der Waals surface area contributed by atoms with Crippen LogP contribution in [0.1, 0.15) is 16.7 Å². The zero-order valence-electron chi connectivity index (χ0n) is 13.8. The zero-order chi connectivity index (χ0) is 17.6. The third-order valence-corrected chi connectivity index (χ3v) is 3.62. The molecule has 8 nitrogen and oxygen atoms in total. The number of ether oxygens (including phenoxy) is 2. The molecular weight excluding hydrogens is 322 g/mol. The Morgan fingerprint density at radius 1 is 1.32 bits per heavy atom. The van der Waals surface area contributed by atoms with Gasteiger partial charge in [-0.3, -0.25) is 10.1 Å². The number of hydrogen-bond acceptors (Lipinski definition) is 7. The molecular formula is C17H17N5O3. The Balaban J connectivity index is 1.87. The minimum Gasteiger partial charge on any atom is -0.487 e. The molecule has 0 aliphatic rings. The van der Waals surface area contributed by atoms with Crippen LogP contribution in [0.15, 0.2) is 41.9 Å². The Kier molecular flexibility index (Phi) is 4.89. The van der Waals surface area contributed by atoms with E-state index in [4.69, 9.17) is 14.7 Å². The van der Waals surface area contributed by atoms with Crippen LogP contribution in [0.25, 0.3) is 11.4 Å². The number of aromatic nitrogens is 4. The van der Waals surface area contributed by atoms with Crippen LogP contribution in [0.3, 0.4) is 0 Å². The molecule has 3 rings (SSSR count). The highest BCUT2D eigenvalue weighted by Crippen LogP contribution is 2.25. The smallest absolute Gasteiger partial charge is 0.213 e. The Morgan fingerprint density at radius 3 is 2.92 bits per heavy atom. The lowest BCUT2D eigenvalue weighted by Gasteiger charge is -2.12. The van der Waals surface area contributed by atoms with E-state index in [1.165, 1.54) is 19.5 Å². The number of aromatic amines is 1. The number of nitrogens with one attached hydrogen (secondary N) is 1. The lowest BCUT2D eigenvalue weighted by Crippen LogP contribution is -2.03. The summed E-state index contributed by atoms with van der Waals surface area (Å²) in [6, 6.07) is 5.40. The molecule has 0 radical (unpaired) electrons. The van der Waals surface area contributed by atoms with Gasteiger partial charge in [0.15, 0.2) is 0 Å². The van der Waals surface area contributed by atoms with Crippen LogP contribution in [0, 0.1) is 6.92 Å². The molecule has 25 heavy (non-hydrogen) atoms. The van der Waals surface area contributed by atoms with Crippen LogP contribution in [-0.4, -0.2) is 38.7 Å². The maximum absolute atomic E-state index is 8.82. The van der Waals surface area contributed by atoms with Crippen molar-refractivity contribution >= 4 is 6.21 Å². The summed E-state index contributed by atoms with van der Waals surface area (Å²) in [6.45, 7) is 2.23. The van der Waals surface area contributed by atoms with Gasteiger partial charge in [0.1, 0.15) is 12.4 Å². The van der Waals surface area contributed by atoms with Crippen LogP contribution >= 0.6 is 0 Å². The van der Waals surface area contributed by atoms with Gasteiger partial charge in [0, 0.05) is 23.4 Å². The number of rotatable bonds is 6. The average molecular weight is 339 g/mol. The number of pyridine rings is 2. The van der Waals surface area contributed by atoms with Gasteiger partial charge in [0.2, 0.25) is 5.88 Å². The second-order valence-corrected chi connectivity index (χ2v) is 5.24. The summed E-state index contributed by atoms with van der Waals surface area (Å²) in [5.41, 5.74) is 4.06. The van der Waals surface area contributed by atoms with Gasteiger partial charge in [-0.1, -0.05) is 11.2 Å². The summed E-state index contributed by atoms with van der Waals surface area (Å²) in [5.74, 6) is 0.868. The average Bonchev–Trinajstić information content (AvgIpc) is 3.07. The quantitative estimate of drug-likeness (QED) is 0.406. The highest BCUT2D eigenvalue weighted by Gasteiger charge is 2.12. The van der Waals surface area contributed by atoms with Crippen molar-refractivity contribution in [1.82, 2.24) is 20.2 Å². The Labute approximate surface area is 144 Å². The fraction of sp³-hybridized carbons (Fsp3) is 0.176. The van der Waals surface area contributed by atoms with Crippen LogP contribution in [-0.2, 0) is 6.61 Å². The Morgan fingerprint density at radius 2 is 2.20 bits per heavy atom. The Bertz CT molecular complexity index is 891. The van der Waals surface area contributed by atoms with E-state index in [1.807, 2.05) is 19.1 Å². The number of nitrogens with zero attached hydrogens (tertiary/aromatic N) is 4. The van der Waals surface area contributed by atoms with Gasteiger partial charge in [0.05, 0.1) is 37.1 Å². The van der Waals surface area contributed by atoms with Crippen molar-refractivity contribution < 1.29 is 14.7 Å². The predicted octanol–water partition coefficient (Wildman–Crippen LogP) is 2.57. The zero-order valence-corrected chi connectivity index (χ0v) is 13.8. The van der Waals surface area contributed by atoms with Gasteiger partial charge < -0.3 is 14.7 Å². The standard InChI is InChI=1S/C17H17N5O3/c1-11-7-20-22-16(11)17-12(4-3-5-18-17)10-25-14-9-19-15(24-2)6-13(14)8-21-23/h3-9,23H,10H2,1-2H3,(H,20,22). The lowest BCUT2D eigenvalue weighted by atomic mass is 10.1. The Hall–Kier alpha value is -3.42. The second-order valence-electron chi connectivity index (χ2n) is 5.24. The first-order chi connectivity index (χ1) is 12.2. The molecule has 0 bridgehead atoms. The number of methoxy groups -OCH3 is 1. The topological polar surface area (TPSA) is 106 Å². The van der Waals surface area contributed by atoms with Crippen LogP contribution in [0.5, 0.6) is 11.6 Å². The summed E-state index contributed by atoms with van der Waals surface area (Å²) in [6.07, 6.45) is 6.26. The predicted molar refractivity (Wildman–Crippen MR) is 91.1 cm³/mol. The van der Waals surface area contributed by atoms with E-state index in [0.29, 0.717) is 17.2 Å². The molecule has 2 N–H and O–H groups in total. The van der Waals surface area contributed by atoms with Crippen molar-refractivity contribution in [3.63, 3.8) is 0 Å². The normalized spacial score (nSPS) is 11.0. The number of hydrogen-bond donors (Lipinski definition) is 2. The van der Waals surface area contributed by atoms with E-state index < -0.39 is 0 Å². The summed E-state index contributed by atoms with van der Waals surface area (Å²) in [5, 5.41) is 18.9. The minimum absolute atomic E-state index is 0.266. The molecule has 0 atom stereocenters. The number of H-pyrrole nitrogens is 1. The van der Waals surface area contributed by atoms with Gasteiger partial charge >= 0.3 is 0 Å². The minimum atomic E-state index is 0.266. The highest BCUT2D eigenvalue weighted by atomic mass is 16.5. The molecule has 0 saturated heterocycles. The van der Waals surface area contributed by atoms with E-state index in [1.54, 1.807) is 18.5 Å². The van der Waals surface area contributed by atoms with Gasteiger partial charge in [-0.25, -0.2) is 4.98 Å². The van der Waals surface area contributed by atoms with E-state index in [-0.39, 0.29) is 6.61 Å². The molecule has 0 fully saturated rings. The van der Waals surface area contributed by atoms with E-state index >= 15 is 0 Å². The summed E-state index contributed by atoms with van der Waals surface area (Å²) >= 11 is 0. The molecule has 128 valence electrons. The summed E-state index contributed by atoms with van der Waals surface area (Å²) in [4.78, 5) is 8.54. The first kappa shape index (κ1) is 16.4. The van der Waals surface area contributed by atoms with Crippen LogP contribution in [0.4, 0.5) is 0 Å². The third-order valence-electron chi connectivity index (χ3n) is 3.62. The molecule has 8 heteroatoms. The van der Waals surface area contributed by atoms with Crippen molar-refractivity contribution in [1.29, 1.82) is 0 Å². The summed E-state index contributed by atoms with van der Waals surface area (Å²) in [7, 11) is 1.51. The molecule has 0 aliphatic carbocycles. The molecule has 0 aromatic carbocycles. The maximum atomic E-state index is 8.82. The SMILES string of the molecule is COc1cc(C=NO)c(OCc2cccnc2-c2[nH]ncc2C)cn1. The van der Waals surface area contributed by atoms with Crippen molar-refractivity contribution in [2.75, 3.05) is 7.11 Å². The fourth-order valence-electron chi connectivity index (χ4n) is 2.36. The second kappa shape index (κ2) is 7.43. The van der Waals surface area contributed by atoms with Gasteiger partial charge in [0.25, 0.3) is 0 Å². The molecule has 0 aliphatic heterocycles. The number of aryl methyl sites for hydroxylation is 1. The molecule has 3 heterocycles. The first-order valence-corrected chi connectivity index (χ1v) is 7.51. The van der Waals surface area contributed by atoms with E-state index in [0.717, 1.165) is 22.5 Å². The molecule has 3 aromatic rings. The highest BCUT2D eigenvalue weighted by molar-refractivity contribution is 5.83. The maximum Gasteiger partial charge on any atom is 0.213 e. The van der Waals surface area contributed by atoms with Crippen molar-refractivity contribution in [3.8, 4) is 23.0 Å². The molecule has 0 unspecified atom stereocenters. The molecule has 0 saturated carbocycles. The molecule has 0 spiro atoms. The third kappa shape index (κ3) is 3.57.